The van der Waals surface area contributed by atoms with E-state index in [2.05, 4.69) is 5.32 Å². The number of aliphatic hydroxyl groups excluding tert-OH is 1. The third-order valence-electron chi connectivity index (χ3n) is 4.66. The minimum Gasteiger partial charge on any atom is -0.394 e. The van der Waals surface area contributed by atoms with E-state index in [0.717, 1.165) is 12.0 Å². The second-order valence-electron chi connectivity index (χ2n) is 6.34. The van der Waals surface area contributed by atoms with Crippen LogP contribution in [0.2, 0.25) is 0 Å². The molecule has 5 nitrogen and oxygen atoms in total. The number of amides is 2. The van der Waals surface area contributed by atoms with Crippen molar-refractivity contribution < 1.29 is 14.7 Å². The van der Waals surface area contributed by atoms with Gasteiger partial charge in [0.15, 0.2) is 0 Å². The van der Waals surface area contributed by atoms with Gasteiger partial charge in [0.05, 0.1) is 18.6 Å². The molecule has 2 N–H and O–H groups in total. The minimum absolute atomic E-state index is 0.0121. The predicted octanol–water partition coefficient (Wildman–Crippen LogP) is 1.56. The van der Waals surface area contributed by atoms with Crippen LogP contribution in [0, 0.1) is 11.8 Å². The lowest BCUT2D eigenvalue weighted by atomic mass is 9.98. The average molecular weight is 318 g/mol. The maximum absolute atomic E-state index is 12.4. The normalized spacial score (nSPS) is 20.4. The van der Waals surface area contributed by atoms with Crippen LogP contribution < -0.4 is 5.32 Å². The van der Waals surface area contributed by atoms with Gasteiger partial charge in [-0.1, -0.05) is 50.6 Å². The van der Waals surface area contributed by atoms with Crippen molar-refractivity contribution in [1.29, 1.82) is 0 Å². The van der Waals surface area contributed by atoms with E-state index in [9.17, 15) is 14.7 Å². The standard InChI is InChI=1S/C18H26N2O3/c1-3-13(2)16(12-21)19-18(23)15-9-17(22)20(11-15)10-14-7-5-4-6-8-14/h4-8,13,15-16,21H,3,9-12H2,1-2H3,(H,19,23)/t13-,15+,16-/m1/s1. The molecule has 0 saturated carbocycles. The van der Waals surface area contributed by atoms with Crippen LogP contribution in [-0.2, 0) is 16.1 Å². The Morgan fingerprint density at radius 2 is 2.09 bits per heavy atom. The molecule has 23 heavy (non-hydrogen) atoms. The molecule has 1 aromatic rings. The molecule has 1 heterocycles. The van der Waals surface area contributed by atoms with Gasteiger partial charge in [-0.05, 0) is 11.5 Å². The van der Waals surface area contributed by atoms with E-state index < -0.39 is 0 Å². The van der Waals surface area contributed by atoms with E-state index in [1.165, 1.54) is 0 Å². The van der Waals surface area contributed by atoms with E-state index in [0.29, 0.717) is 13.1 Å². The van der Waals surface area contributed by atoms with Gasteiger partial charge in [0.2, 0.25) is 11.8 Å². The first-order valence-electron chi connectivity index (χ1n) is 8.28. The van der Waals surface area contributed by atoms with E-state index in [4.69, 9.17) is 0 Å². The molecule has 0 radical (unpaired) electrons. The topological polar surface area (TPSA) is 69.6 Å². The number of benzene rings is 1. The molecule has 0 aromatic heterocycles. The number of likely N-dealkylation sites (tertiary alicyclic amines) is 1. The Morgan fingerprint density at radius 3 is 2.70 bits per heavy atom. The quantitative estimate of drug-likeness (QED) is 0.801. The van der Waals surface area contributed by atoms with Gasteiger partial charge >= 0.3 is 0 Å². The largest absolute Gasteiger partial charge is 0.394 e. The molecule has 1 aliphatic rings. The number of hydrogen-bond acceptors (Lipinski definition) is 3. The lowest BCUT2D eigenvalue weighted by Gasteiger charge is -2.24. The number of hydrogen-bond donors (Lipinski definition) is 2. The van der Waals surface area contributed by atoms with E-state index in [-0.39, 0.29) is 42.7 Å². The van der Waals surface area contributed by atoms with Gasteiger partial charge in [-0.25, -0.2) is 0 Å². The van der Waals surface area contributed by atoms with Crippen LogP contribution >= 0.6 is 0 Å². The number of rotatable bonds is 7. The molecule has 1 aliphatic heterocycles. The van der Waals surface area contributed by atoms with Gasteiger partial charge in [0.25, 0.3) is 0 Å². The van der Waals surface area contributed by atoms with Crippen molar-refractivity contribution >= 4 is 11.8 Å². The van der Waals surface area contributed by atoms with E-state index in [1.807, 2.05) is 44.2 Å². The molecule has 1 saturated heterocycles. The van der Waals surface area contributed by atoms with Crippen molar-refractivity contribution in [3.8, 4) is 0 Å². The minimum atomic E-state index is -0.329. The van der Waals surface area contributed by atoms with Gasteiger partial charge < -0.3 is 15.3 Å². The molecule has 3 atom stereocenters. The number of carbonyl (C=O) groups is 2. The monoisotopic (exact) mass is 318 g/mol. The lowest BCUT2D eigenvalue weighted by Crippen LogP contribution is -2.45. The summed E-state index contributed by atoms with van der Waals surface area (Å²) in [6.45, 7) is 4.94. The molecule has 5 heteroatoms. The fourth-order valence-electron chi connectivity index (χ4n) is 2.86. The molecular formula is C18H26N2O3. The van der Waals surface area contributed by atoms with Gasteiger partial charge in [0.1, 0.15) is 0 Å². The van der Waals surface area contributed by atoms with Gasteiger partial charge in [-0.3, -0.25) is 9.59 Å². The van der Waals surface area contributed by atoms with E-state index >= 15 is 0 Å². The lowest BCUT2D eigenvalue weighted by molar-refractivity contribution is -0.129. The molecular weight excluding hydrogens is 292 g/mol. The maximum atomic E-state index is 12.4. The summed E-state index contributed by atoms with van der Waals surface area (Å²) in [7, 11) is 0. The van der Waals surface area contributed by atoms with Crippen LogP contribution in [0.4, 0.5) is 0 Å². The Bertz CT molecular complexity index is 532. The van der Waals surface area contributed by atoms with E-state index in [1.54, 1.807) is 4.90 Å². The third-order valence-corrected chi connectivity index (χ3v) is 4.66. The SMILES string of the molecule is CC[C@@H](C)[C@@H](CO)NC(=O)[C@H]1CC(=O)N(Cc2ccccc2)C1. The summed E-state index contributed by atoms with van der Waals surface area (Å²) < 4.78 is 0. The summed E-state index contributed by atoms with van der Waals surface area (Å²) in [5.41, 5.74) is 1.06. The van der Waals surface area contributed by atoms with Gasteiger partial charge in [-0.15, -0.1) is 0 Å². The Morgan fingerprint density at radius 1 is 1.39 bits per heavy atom. The molecule has 1 fully saturated rings. The maximum Gasteiger partial charge on any atom is 0.225 e. The zero-order chi connectivity index (χ0) is 16.8. The predicted molar refractivity (Wildman–Crippen MR) is 88.4 cm³/mol. The van der Waals surface area contributed by atoms with Crippen molar-refractivity contribution in [3.63, 3.8) is 0 Å². The highest BCUT2D eigenvalue weighted by molar-refractivity contribution is 5.89. The van der Waals surface area contributed by atoms with Crippen LogP contribution in [-0.4, -0.2) is 41.0 Å². The third kappa shape index (κ3) is 4.55. The Kier molecular flexibility index (Phi) is 6.16. The zero-order valence-corrected chi connectivity index (χ0v) is 13.9. The molecule has 126 valence electrons. The number of nitrogens with zero attached hydrogens (tertiary/aromatic N) is 1. The Hall–Kier alpha value is -1.88. The summed E-state index contributed by atoms with van der Waals surface area (Å²) >= 11 is 0. The van der Waals surface area contributed by atoms with Crippen LogP contribution in [0.25, 0.3) is 0 Å². The summed E-state index contributed by atoms with van der Waals surface area (Å²) in [5, 5.41) is 12.3. The first-order valence-corrected chi connectivity index (χ1v) is 8.28. The second kappa shape index (κ2) is 8.11. The number of carbonyl (C=O) groups excluding carboxylic acids is 2. The Labute approximate surface area is 137 Å². The highest BCUT2D eigenvalue weighted by Gasteiger charge is 2.35. The highest BCUT2D eigenvalue weighted by Crippen LogP contribution is 2.21. The molecule has 0 bridgehead atoms. The first-order chi connectivity index (χ1) is 11.0. The number of nitrogens with one attached hydrogen (secondary N) is 1. The zero-order valence-electron chi connectivity index (χ0n) is 13.9. The van der Waals surface area contributed by atoms with Crippen molar-refractivity contribution in [1.82, 2.24) is 10.2 Å². The van der Waals surface area contributed by atoms with Crippen LogP contribution in [0.3, 0.4) is 0 Å². The van der Waals surface area contributed by atoms with Crippen LogP contribution in [0.15, 0.2) is 30.3 Å². The van der Waals surface area contributed by atoms with Gasteiger partial charge in [-0.2, -0.15) is 0 Å². The van der Waals surface area contributed by atoms with Crippen molar-refractivity contribution in [2.24, 2.45) is 11.8 Å². The average Bonchev–Trinajstić information content (AvgIpc) is 2.93. The van der Waals surface area contributed by atoms with Crippen molar-refractivity contribution in [3.05, 3.63) is 35.9 Å². The number of aliphatic hydroxyl groups is 1. The molecule has 0 aliphatic carbocycles. The fraction of sp³-hybridized carbons (Fsp3) is 0.556. The Balaban J connectivity index is 1.92. The highest BCUT2D eigenvalue weighted by atomic mass is 16.3. The summed E-state index contributed by atoms with van der Waals surface area (Å²) in [6, 6.07) is 9.54. The molecule has 0 unspecified atom stereocenters. The first kappa shape index (κ1) is 17.5. The molecule has 0 spiro atoms. The van der Waals surface area contributed by atoms with Crippen LogP contribution in [0.5, 0.6) is 0 Å². The molecule has 2 rings (SSSR count). The van der Waals surface area contributed by atoms with Gasteiger partial charge in [0, 0.05) is 19.5 Å². The van der Waals surface area contributed by atoms with Crippen molar-refractivity contribution in [2.75, 3.05) is 13.2 Å². The summed E-state index contributed by atoms with van der Waals surface area (Å²) in [6.07, 6.45) is 1.13. The summed E-state index contributed by atoms with van der Waals surface area (Å²) in [4.78, 5) is 26.2. The molecule has 2 amide bonds. The van der Waals surface area contributed by atoms with Crippen LogP contribution in [0.1, 0.15) is 32.3 Å². The van der Waals surface area contributed by atoms with Crippen molar-refractivity contribution in [2.45, 2.75) is 39.3 Å². The fourth-order valence-corrected chi connectivity index (χ4v) is 2.86. The smallest absolute Gasteiger partial charge is 0.225 e. The molecule has 1 aromatic carbocycles. The second-order valence-corrected chi connectivity index (χ2v) is 6.34. The summed E-state index contributed by atoms with van der Waals surface area (Å²) in [5.74, 6) is -0.239.